The zero-order valence-electron chi connectivity index (χ0n) is 8.43. The Morgan fingerprint density at radius 2 is 2.27 bits per heavy atom. The van der Waals surface area contributed by atoms with Gasteiger partial charge in [0.2, 0.25) is 0 Å². The van der Waals surface area contributed by atoms with Crippen LogP contribution in [0.5, 0.6) is 0 Å². The van der Waals surface area contributed by atoms with Crippen LogP contribution in [-0.2, 0) is 21.8 Å². The number of carbonyl (C=O) groups is 1. The van der Waals surface area contributed by atoms with Gasteiger partial charge >= 0.3 is 5.97 Å². The maximum absolute atomic E-state index is 10.9. The monoisotopic (exact) mass is 290 g/mol. The molecule has 0 heterocycles. The molecule has 2 nitrogen and oxygen atoms in total. The minimum Gasteiger partial charge on any atom is -0.469 e. The van der Waals surface area contributed by atoms with Crippen molar-refractivity contribution in [3.05, 3.63) is 33.8 Å². The molecule has 1 rings (SSSR count). The Balaban J connectivity index is 2.63. The molecule has 82 valence electrons. The minimum atomic E-state index is -0.187. The van der Waals surface area contributed by atoms with E-state index in [2.05, 4.69) is 20.7 Å². The largest absolute Gasteiger partial charge is 0.469 e. The lowest BCUT2D eigenvalue weighted by atomic mass is 10.1. The van der Waals surface area contributed by atoms with Crippen molar-refractivity contribution in [2.75, 3.05) is 7.11 Å². The summed E-state index contributed by atoms with van der Waals surface area (Å²) in [4.78, 5) is 10.9. The fourth-order valence-corrected chi connectivity index (χ4v) is 2.16. The normalized spacial score (nSPS) is 10.1. The summed E-state index contributed by atoms with van der Waals surface area (Å²) in [6.07, 6.45) is 1.09. The van der Waals surface area contributed by atoms with Crippen LogP contribution >= 0.6 is 27.5 Å². The number of methoxy groups -OCH3 is 1. The molecule has 0 N–H and O–H groups in total. The Labute approximate surface area is 103 Å². The van der Waals surface area contributed by atoms with Crippen molar-refractivity contribution in [3.63, 3.8) is 0 Å². The topological polar surface area (TPSA) is 26.3 Å². The lowest BCUT2D eigenvalue weighted by Crippen LogP contribution is -2.02. The number of hydrogen-bond acceptors (Lipinski definition) is 2. The Morgan fingerprint density at radius 3 is 2.80 bits per heavy atom. The average Bonchev–Trinajstić information content (AvgIpc) is 2.26. The summed E-state index contributed by atoms with van der Waals surface area (Å²) >= 11 is 9.16. The quantitative estimate of drug-likeness (QED) is 0.628. The first-order valence-electron chi connectivity index (χ1n) is 4.57. The van der Waals surface area contributed by atoms with Gasteiger partial charge in [0.05, 0.1) is 7.11 Å². The van der Waals surface area contributed by atoms with E-state index in [4.69, 9.17) is 11.6 Å². The molecular weight excluding hydrogens is 279 g/mol. The van der Waals surface area contributed by atoms with Gasteiger partial charge < -0.3 is 4.74 Å². The highest BCUT2D eigenvalue weighted by Crippen LogP contribution is 2.21. The van der Waals surface area contributed by atoms with Crippen molar-refractivity contribution in [3.8, 4) is 0 Å². The number of halogens is 2. The van der Waals surface area contributed by atoms with Crippen LogP contribution in [0.1, 0.15) is 17.5 Å². The Morgan fingerprint density at radius 1 is 1.53 bits per heavy atom. The fourth-order valence-electron chi connectivity index (χ4n) is 1.20. The summed E-state index contributed by atoms with van der Waals surface area (Å²) in [6.45, 7) is 0. The van der Waals surface area contributed by atoms with Gasteiger partial charge in [0.25, 0.3) is 0 Å². The second-order valence-corrected chi connectivity index (χ2v) is 4.26. The highest BCUT2D eigenvalue weighted by Gasteiger charge is 2.04. The Bertz CT molecular complexity index is 352. The maximum Gasteiger partial charge on any atom is 0.305 e. The van der Waals surface area contributed by atoms with E-state index in [0.717, 1.165) is 15.6 Å². The molecule has 0 saturated heterocycles. The number of carbonyl (C=O) groups excluding carboxylic acids is 1. The summed E-state index contributed by atoms with van der Waals surface area (Å²) < 4.78 is 5.56. The maximum atomic E-state index is 10.9. The van der Waals surface area contributed by atoms with Crippen molar-refractivity contribution in [1.29, 1.82) is 0 Å². The third kappa shape index (κ3) is 3.84. The predicted octanol–water partition coefficient (Wildman–Crippen LogP) is 3.29. The van der Waals surface area contributed by atoms with Crippen LogP contribution in [0.4, 0.5) is 0 Å². The molecule has 1 aromatic carbocycles. The molecule has 15 heavy (non-hydrogen) atoms. The SMILES string of the molecule is COC(=O)CCc1ccc(CCl)c(Br)c1. The van der Waals surface area contributed by atoms with E-state index in [1.54, 1.807) is 0 Å². The van der Waals surface area contributed by atoms with E-state index < -0.39 is 0 Å². The van der Waals surface area contributed by atoms with E-state index in [1.165, 1.54) is 7.11 Å². The van der Waals surface area contributed by atoms with Crippen LogP contribution in [0.2, 0.25) is 0 Å². The van der Waals surface area contributed by atoms with E-state index in [-0.39, 0.29) is 5.97 Å². The summed E-state index contributed by atoms with van der Waals surface area (Å²) in [5, 5.41) is 0. The molecule has 0 aliphatic carbocycles. The van der Waals surface area contributed by atoms with Crippen LogP contribution in [0.3, 0.4) is 0 Å². The molecule has 1 aromatic rings. The zero-order chi connectivity index (χ0) is 11.3. The fraction of sp³-hybridized carbons (Fsp3) is 0.364. The number of benzene rings is 1. The standard InChI is InChI=1S/C11H12BrClO2/c1-15-11(14)5-3-8-2-4-9(7-13)10(12)6-8/h2,4,6H,3,5,7H2,1H3. The van der Waals surface area contributed by atoms with Gasteiger partial charge in [-0.15, -0.1) is 11.6 Å². The minimum absolute atomic E-state index is 0.187. The smallest absolute Gasteiger partial charge is 0.305 e. The second-order valence-electron chi connectivity index (χ2n) is 3.14. The number of aryl methyl sites for hydroxylation is 1. The molecular formula is C11H12BrClO2. The molecule has 0 fully saturated rings. The highest BCUT2D eigenvalue weighted by atomic mass is 79.9. The molecule has 4 heteroatoms. The number of hydrogen-bond donors (Lipinski definition) is 0. The van der Waals surface area contributed by atoms with Crippen LogP contribution < -0.4 is 0 Å². The van der Waals surface area contributed by atoms with Gasteiger partial charge in [-0.1, -0.05) is 28.1 Å². The third-order valence-corrected chi connectivity index (χ3v) is 3.13. The second kappa shape index (κ2) is 6.13. The number of alkyl halides is 1. The van der Waals surface area contributed by atoms with E-state index in [1.807, 2.05) is 18.2 Å². The van der Waals surface area contributed by atoms with Gasteiger partial charge in [-0.3, -0.25) is 4.79 Å². The van der Waals surface area contributed by atoms with Crippen LogP contribution in [0, 0.1) is 0 Å². The molecule has 0 saturated carbocycles. The number of esters is 1. The summed E-state index contributed by atoms with van der Waals surface area (Å²) in [5.41, 5.74) is 2.15. The molecule has 0 bridgehead atoms. The van der Waals surface area contributed by atoms with E-state index in [0.29, 0.717) is 18.7 Å². The highest BCUT2D eigenvalue weighted by molar-refractivity contribution is 9.10. The zero-order valence-corrected chi connectivity index (χ0v) is 10.8. The first-order valence-corrected chi connectivity index (χ1v) is 5.90. The summed E-state index contributed by atoms with van der Waals surface area (Å²) in [6, 6.07) is 5.93. The molecule has 0 aliphatic rings. The van der Waals surface area contributed by atoms with Gasteiger partial charge in [-0.25, -0.2) is 0 Å². The first kappa shape index (κ1) is 12.5. The van der Waals surface area contributed by atoms with Crippen molar-refractivity contribution >= 4 is 33.5 Å². The van der Waals surface area contributed by atoms with Gasteiger partial charge in [0.15, 0.2) is 0 Å². The first-order chi connectivity index (χ1) is 7.17. The van der Waals surface area contributed by atoms with Gasteiger partial charge in [-0.2, -0.15) is 0 Å². The molecule has 0 radical (unpaired) electrons. The van der Waals surface area contributed by atoms with Gasteiger partial charge in [0.1, 0.15) is 0 Å². The average molecular weight is 292 g/mol. The molecule has 0 atom stereocenters. The number of rotatable bonds is 4. The van der Waals surface area contributed by atoms with Crippen LogP contribution in [0.25, 0.3) is 0 Å². The van der Waals surface area contributed by atoms with E-state index in [9.17, 15) is 4.79 Å². The number of ether oxygens (including phenoxy) is 1. The molecule has 0 unspecified atom stereocenters. The Kier molecular flexibility index (Phi) is 5.12. The van der Waals surface area contributed by atoms with Crippen molar-refractivity contribution < 1.29 is 9.53 Å². The lowest BCUT2D eigenvalue weighted by molar-refractivity contribution is -0.140. The van der Waals surface area contributed by atoms with Crippen LogP contribution in [0.15, 0.2) is 22.7 Å². The predicted molar refractivity (Wildman–Crippen MR) is 64.0 cm³/mol. The molecule has 0 aliphatic heterocycles. The molecule has 0 spiro atoms. The summed E-state index contributed by atoms with van der Waals surface area (Å²) in [7, 11) is 1.40. The lowest BCUT2D eigenvalue weighted by Gasteiger charge is -2.04. The third-order valence-electron chi connectivity index (χ3n) is 2.11. The molecule has 0 amide bonds. The Hall–Kier alpha value is -0.540. The van der Waals surface area contributed by atoms with Gasteiger partial charge in [-0.05, 0) is 23.6 Å². The van der Waals surface area contributed by atoms with Crippen molar-refractivity contribution in [2.45, 2.75) is 18.7 Å². The van der Waals surface area contributed by atoms with Crippen molar-refractivity contribution in [1.82, 2.24) is 0 Å². The summed E-state index contributed by atoms with van der Waals surface area (Å²) in [5.74, 6) is 0.297. The van der Waals surface area contributed by atoms with E-state index >= 15 is 0 Å². The van der Waals surface area contributed by atoms with Gasteiger partial charge in [0, 0.05) is 16.8 Å². The van der Waals surface area contributed by atoms with Crippen LogP contribution in [-0.4, -0.2) is 13.1 Å². The molecule has 0 aromatic heterocycles. The van der Waals surface area contributed by atoms with Crippen molar-refractivity contribution in [2.24, 2.45) is 0 Å².